The van der Waals surface area contributed by atoms with Crippen LogP contribution in [0.2, 0.25) is 0 Å². The SMILES string of the molecule is Cc1cn2cc(-c3cc4ccc(N5CCCNCC5)nc4oc3=O)nc2c(C)n1.OCl. The van der Waals surface area contributed by atoms with E-state index in [0.29, 0.717) is 17.0 Å². The highest BCUT2D eigenvalue weighted by Gasteiger charge is 2.16. The number of aromatic nitrogens is 4. The number of pyridine rings is 1. The zero-order valence-corrected chi connectivity index (χ0v) is 18.1. The van der Waals surface area contributed by atoms with E-state index >= 15 is 0 Å². The molecule has 0 bridgehead atoms. The van der Waals surface area contributed by atoms with Gasteiger partial charge in [-0.05, 0) is 45.0 Å². The second-order valence-corrected chi connectivity index (χ2v) is 7.43. The second-order valence-electron chi connectivity index (χ2n) is 7.43. The zero-order valence-electron chi connectivity index (χ0n) is 17.3. The average molecular weight is 443 g/mol. The monoisotopic (exact) mass is 442 g/mol. The van der Waals surface area contributed by atoms with Crippen molar-refractivity contribution in [3.8, 4) is 11.3 Å². The summed E-state index contributed by atoms with van der Waals surface area (Å²) in [5.41, 5.74) is 3.35. The molecule has 0 saturated carbocycles. The van der Waals surface area contributed by atoms with Gasteiger partial charge >= 0.3 is 5.63 Å². The summed E-state index contributed by atoms with van der Waals surface area (Å²) in [7, 11) is 0. The number of nitrogens with one attached hydrogen (secondary N) is 1. The Balaban J connectivity index is 0.00000112. The molecule has 1 aliphatic heterocycles. The van der Waals surface area contributed by atoms with Gasteiger partial charge in [0.15, 0.2) is 5.65 Å². The molecule has 4 aromatic heterocycles. The predicted octanol–water partition coefficient (Wildman–Crippen LogP) is 2.45. The molecule has 2 N–H and O–H groups in total. The van der Waals surface area contributed by atoms with E-state index < -0.39 is 5.63 Å². The van der Waals surface area contributed by atoms with Crippen LogP contribution in [0.25, 0.3) is 28.0 Å². The van der Waals surface area contributed by atoms with Crippen LogP contribution in [0.5, 0.6) is 0 Å². The Kier molecular flexibility index (Phi) is 6.17. The number of rotatable bonds is 2. The lowest BCUT2D eigenvalue weighted by Crippen LogP contribution is -2.28. The zero-order chi connectivity index (χ0) is 22.0. The van der Waals surface area contributed by atoms with Gasteiger partial charge in [-0.25, -0.2) is 9.78 Å². The third kappa shape index (κ3) is 4.25. The summed E-state index contributed by atoms with van der Waals surface area (Å²) in [6.45, 7) is 7.59. The minimum absolute atomic E-state index is 0.353. The van der Waals surface area contributed by atoms with Crippen molar-refractivity contribution in [3.63, 3.8) is 0 Å². The van der Waals surface area contributed by atoms with E-state index in [9.17, 15) is 4.79 Å². The molecule has 1 fully saturated rings. The Morgan fingerprint density at radius 3 is 2.77 bits per heavy atom. The third-order valence-corrected chi connectivity index (χ3v) is 5.25. The standard InChI is InChI=1S/C21H22N6O2.ClHO/c1-13-11-27-12-17(24-19(27)14(2)23-13)16-10-15-4-5-18(25-20(15)29-21(16)28)26-8-3-6-22-7-9-26;1-2/h4-5,10-12,22H,3,6-9H2,1-2H3;2H. The molecule has 5 rings (SSSR count). The summed E-state index contributed by atoms with van der Waals surface area (Å²) in [6.07, 6.45) is 4.79. The van der Waals surface area contributed by atoms with Gasteiger partial charge in [-0.2, -0.15) is 4.98 Å². The first-order valence-electron chi connectivity index (χ1n) is 9.99. The number of halogens is 1. The van der Waals surface area contributed by atoms with Crippen molar-refractivity contribution in [2.75, 3.05) is 31.1 Å². The smallest absolute Gasteiger partial charge is 0.347 e. The number of fused-ring (bicyclic) bond motifs is 2. The van der Waals surface area contributed by atoms with Crippen LogP contribution in [-0.4, -0.2) is 50.2 Å². The van der Waals surface area contributed by atoms with Crippen LogP contribution >= 0.6 is 11.9 Å². The van der Waals surface area contributed by atoms with E-state index in [0.717, 1.165) is 60.8 Å². The molecule has 0 unspecified atom stereocenters. The molecule has 0 aliphatic carbocycles. The molecule has 0 aromatic carbocycles. The van der Waals surface area contributed by atoms with E-state index in [1.807, 2.05) is 42.8 Å². The van der Waals surface area contributed by atoms with Crippen LogP contribution < -0.4 is 15.8 Å². The lowest BCUT2D eigenvalue weighted by molar-refractivity contribution is 0.551. The van der Waals surface area contributed by atoms with Gasteiger partial charge in [-0.15, -0.1) is 0 Å². The number of aryl methyl sites for hydroxylation is 2. The van der Waals surface area contributed by atoms with Crippen molar-refractivity contribution >= 4 is 34.4 Å². The highest BCUT2D eigenvalue weighted by molar-refractivity contribution is 6.04. The van der Waals surface area contributed by atoms with Crippen LogP contribution in [0.4, 0.5) is 5.82 Å². The first kappa shape index (κ1) is 21.2. The number of nitrogens with zero attached hydrogens (tertiary/aromatic N) is 5. The third-order valence-electron chi connectivity index (χ3n) is 5.25. The van der Waals surface area contributed by atoms with E-state index in [1.54, 1.807) is 6.07 Å². The van der Waals surface area contributed by atoms with Crippen molar-refractivity contribution in [1.29, 1.82) is 0 Å². The normalized spacial score (nSPS) is 14.4. The lowest BCUT2D eigenvalue weighted by atomic mass is 10.2. The summed E-state index contributed by atoms with van der Waals surface area (Å²) in [4.78, 5) is 28.6. The van der Waals surface area contributed by atoms with Crippen LogP contribution in [0.1, 0.15) is 17.8 Å². The van der Waals surface area contributed by atoms with Gasteiger partial charge in [0.05, 0.1) is 34.5 Å². The van der Waals surface area contributed by atoms with Gasteiger partial charge in [-0.1, -0.05) is 0 Å². The van der Waals surface area contributed by atoms with Crippen molar-refractivity contribution in [2.24, 2.45) is 0 Å². The van der Waals surface area contributed by atoms with Gasteiger partial charge in [0.25, 0.3) is 0 Å². The molecule has 0 amide bonds. The minimum atomic E-state index is -0.439. The summed E-state index contributed by atoms with van der Waals surface area (Å²) in [5.74, 6) is 0.835. The van der Waals surface area contributed by atoms with Crippen LogP contribution in [0.3, 0.4) is 0 Å². The van der Waals surface area contributed by atoms with E-state index in [1.165, 1.54) is 0 Å². The second kappa shape index (κ2) is 9.01. The molecule has 0 spiro atoms. The maximum absolute atomic E-state index is 12.7. The molecule has 162 valence electrons. The van der Waals surface area contributed by atoms with Crippen LogP contribution in [0.15, 0.2) is 39.8 Å². The minimum Gasteiger partial charge on any atom is -0.403 e. The van der Waals surface area contributed by atoms with Crippen molar-refractivity contribution in [1.82, 2.24) is 24.7 Å². The summed E-state index contributed by atoms with van der Waals surface area (Å²) in [6, 6.07) is 5.74. The fourth-order valence-corrected chi connectivity index (χ4v) is 3.85. The van der Waals surface area contributed by atoms with Crippen LogP contribution in [-0.2, 0) is 0 Å². The summed E-state index contributed by atoms with van der Waals surface area (Å²) in [5, 5.41) is 4.16. The Labute approximate surface area is 183 Å². The first-order valence-corrected chi connectivity index (χ1v) is 10.3. The average Bonchev–Trinajstić information content (AvgIpc) is 3.00. The molecule has 4 aromatic rings. The maximum Gasteiger partial charge on any atom is 0.347 e. The first-order chi connectivity index (χ1) is 15.1. The molecule has 10 heteroatoms. The number of imidazole rings is 1. The molecular formula is C21H23ClN6O3. The number of hydrogen-bond acceptors (Lipinski definition) is 8. The van der Waals surface area contributed by atoms with Crippen molar-refractivity contribution < 1.29 is 9.08 Å². The summed E-state index contributed by atoms with van der Waals surface area (Å²) >= 11 is 3.64. The molecule has 9 nitrogen and oxygen atoms in total. The molecule has 1 aliphatic rings. The van der Waals surface area contributed by atoms with Crippen molar-refractivity contribution in [3.05, 3.63) is 52.4 Å². The molecule has 0 atom stereocenters. The van der Waals surface area contributed by atoms with Gasteiger partial charge in [0.2, 0.25) is 5.71 Å². The molecule has 5 heterocycles. The topological polar surface area (TPSA) is 109 Å². The highest BCUT2D eigenvalue weighted by atomic mass is 35.5. The number of hydrogen-bond donors (Lipinski definition) is 2. The molecule has 0 radical (unpaired) electrons. The largest absolute Gasteiger partial charge is 0.403 e. The Bertz CT molecular complexity index is 1280. The van der Waals surface area contributed by atoms with Gasteiger partial charge in [0.1, 0.15) is 5.82 Å². The lowest BCUT2D eigenvalue weighted by Gasteiger charge is -2.20. The number of anilines is 1. The predicted molar refractivity (Wildman–Crippen MR) is 120 cm³/mol. The van der Waals surface area contributed by atoms with Gasteiger partial charge < -0.3 is 19.0 Å². The molecule has 31 heavy (non-hydrogen) atoms. The Morgan fingerprint density at radius 2 is 1.94 bits per heavy atom. The fourth-order valence-electron chi connectivity index (χ4n) is 3.85. The Hall–Kier alpha value is -3.01. The molecule has 1 saturated heterocycles. The molecular weight excluding hydrogens is 420 g/mol. The van der Waals surface area contributed by atoms with E-state index in [-0.39, 0.29) is 0 Å². The van der Waals surface area contributed by atoms with E-state index in [2.05, 4.69) is 37.0 Å². The quantitative estimate of drug-likeness (QED) is 0.487. The van der Waals surface area contributed by atoms with Crippen molar-refractivity contribution in [2.45, 2.75) is 20.3 Å². The van der Waals surface area contributed by atoms with Gasteiger partial charge in [-0.3, -0.25) is 9.64 Å². The summed E-state index contributed by atoms with van der Waals surface area (Å²) < 4.78 is 14.0. The van der Waals surface area contributed by atoms with Gasteiger partial charge in [0, 0.05) is 37.4 Å². The maximum atomic E-state index is 12.7. The Morgan fingerprint density at radius 1 is 1.10 bits per heavy atom. The van der Waals surface area contributed by atoms with Crippen LogP contribution in [0, 0.1) is 13.8 Å². The fraction of sp³-hybridized carbons (Fsp3) is 0.333. The highest BCUT2D eigenvalue weighted by Crippen LogP contribution is 2.23. The van der Waals surface area contributed by atoms with E-state index in [4.69, 9.17) is 9.08 Å².